The normalized spacial score (nSPS) is 22.7. The zero-order valence-electron chi connectivity index (χ0n) is 17.6. The van der Waals surface area contributed by atoms with E-state index in [0.29, 0.717) is 38.9 Å². The van der Waals surface area contributed by atoms with Gasteiger partial charge in [0.05, 0.1) is 6.04 Å². The molecule has 3 heterocycles. The summed E-state index contributed by atoms with van der Waals surface area (Å²) in [6, 6.07) is 8.70. The molecule has 1 aromatic heterocycles. The highest BCUT2D eigenvalue weighted by Gasteiger charge is 2.43. The molecule has 3 amide bonds. The summed E-state index contributed by atoms with van der Waals surface area (Å²) in [4.78, 5) is 43.2. The van der Waals surface area contributed by atoms with Gasteiger partial charge < -0.3 is 16.0 Å². The first kappa shape index (κ1) is 21.9. The number of carbonyl (C=O) groups is 3. The number of piperazine rings is 1. The third-order valence-electron chi connectivity index (χ3n) is 5.96. The van der Waals surface area contributed by atoms with Gasteiger partial charge in [0.1, 0.15) is 5.82 Å². The molecule has 2 aromatic rings. The molecule has 32 heavy (non-hydrogen) atoms. The lowest BCUT2D eigenvalue weighted by molar-refractivity contribution is -0.129. The van der Waals surface area contributed by atoms with Gasteiger partial charge in [-0.15, -0.1) is 0 Å². The number of fused-ring (bicyclic) bond motifs is 1. The monoisotopic (exact) mass is 439 g/mol. The number of amides is 3. The van der Waals surface area contributed by atoms with Crippen molar-refractivity contribution in [2.45, 2.75) is 43.9 Å². The summed E-state index contributed by atoms with van der Waals surface area (Å²) in [5, 5.41) is 8.72. The van der Waals surface area contributed by atoms with Crippen molar-refractivity contribution in [1.82, 2.24) is 25.8 Å². The van der Waals surface area contributed by atoms with Gasteiger partial charge in [0, 0.05) is 56.1 Å². The fraction of sp³-hybridized carbons (Fsp3) is 0.391. The highest BCUT2D eigenvalue weighted by molar-refractivity contribution is 5.94. The average molecular weight is 439 g/mol. The highest BCUT2D eigenvalue weighted by atomic mass is 19.1. The Kier molecular flexibility index (Phi) is 6.75. The molecule has 2 saturated heterocycles. The van der Waals surface area contributed by atoms with Crippen LogP contribution in [0.5, 0.6) is 0 Å². The fourth-order valence-electron chi connectivity index (χ4n) is 4.34. The number of halogens is 1. The molecule has 0 bridgehead atoms. The van der Waals surface area contributed by atoms with E-state index in [1.165, 1.54) is 18.2 Å². The van der Waals surface area contributed by atoms with Crippen LogP contribution >= 0.6 is 0 Å². The van der Waals surface area contributed by atoms with Crippen LogP contribution in [-0.4, -0.2) is 58.8 Å². The maximum Gasteiger partial charge on any atom is 0.251 e. The predicted octanol–water partition coefficient (Wildman–Crippen LogP) is 0.988. The van der Waals surface area contributed by atoms with Gasteiger partial charge in [-0.2, -0.15) is 0 Å². The molecule has 8 nitrogen and oxygen atoms in total. The molecule has 0 spiro atoms. The molecule has 3 N–H and O–H groups in total. The van der Waals surface area contributed by atoms with E-state index in [1.54, 1.807) is 18.5 Å². The van der Waals surface area contributed by atoms with Gasteiger partial charge in [-0.3, -0.25) is 24.3 Å². The maximum absolute atomic E-state index is 13.4. The minimum Gasteiger partial charge on any atom is -0.353 e. The molecule has 0 saturated carbocycles. The number of nitrogens with one attached hydrogen (secondary N) is 3. The van der Waals surface area contributed by atoms with E-state index in [1.807, 2.05) is 12.1 Å². The Labute approximate surface area is 185 Å². The topological polar surface area (TPSA) is 103 Å². The molecule has 4 rings (SSSR count). The van der Waals surface area contributed by atoms with E-state index in [4.69, 9.17) is 0 Å². The lowest BCUT2D eigenvalue weighted by Gasteiger charge is -2.37. The van der Waals surface area contributed by atoms with Crippen molar-refractivity contribution >= 4 is 17.7 Å². The second kappa shape index (κ2) is 9.86. The molecule has 2 aliphatic heterocycles. The van der Waals surface area contributed by atoms with Crippen molar-refractivity contribution in [1.29, 1.82) is 0 Å². The summed E-state index contributed by atoms with van der Waals surface area (Å²) in [6.07, 6.45) is 4.81. The molecule has 9 heteroatoms. The van der Waals surface area contributed by atoms with Crippen molar-refractivity contribution in [3.8, 4) is 0 Å². The van der Waals surface area contributed by atoms with Crippen LogP contribution in [0, 0.1) is 5.82 Å². The lowest BCUT2D eigenvalue weighted by atomic mass is 10.0. The van der Waals surface area contributed by atoms with Gasteiger partial charge in [-0.1, -0.05) is 12.1 Å². The molecule has 0 aliphatic carbocycles. The first-order chi connectivity index (χ1) is 15.5. The van der Waals surface area contributed by atoms with E-state index >= 15 is 0 Å². The van der Waals surface area contributed by atoms with Crippen molar-refractivity contribution in [3.05, 3.63) is 65.7 Å². The van der Waals surface area contributed by atoms with Crippen molar-refractivity contribution in [2.24, 2.45) is 0 Å². The zero-order valence-corrected chi connectivity index (χ0v) is 17.6. The number of aromatic nitrogens is 1. The van der Waals surface area contributed by atoms with Crippen LogP contribution < -0.4 is 16.0 Å². The number of pyridine rings is 1. The van der Waals surface area contributed by atoms with Crippen molar-refractivity contribution in [3.63, 3.8) is 0 Å². The van der Waals surface area contributed by atoms with Gasteiger partial charge in [0.15, 0.2) is 0 Å². The van der Waals surface area contributed by atoms with Gasteiger partial charge in [-0.25, -0.2) is 4.39 Å². The van der Waals surface area contributed by atoms with Crippen LogP contribution in [-0.2, 0) is 16.1 Å². The van der Waals surface area contributed by atoms with E-state index in [0.717, 1.165) is 5.56 Å². The quantitative estimate of drug-likeness (QED) is 0.597. The Morgan fingerprint density at radius 1 is 1.25 bits per heavy atom. The number of nitrogens with zero attached hydrogens (tertiary/aromatic N) is 2. The van der Waals surface area contributed by atoms with Crippen molar-refractivity contribution in [2.75, 3.05) is 13.1 Å². The molecule has 2 fully saturated rings. The van der Waals surface area contributed by atoms with E-state index < -0.39 is 5.82 Å². The summed E-state index contributed by atoms with van der Waals surface area (Å²) < 4.78 is 13.4. The summed E-state index contributed by atoms with van der Waals surface area (Å²) in [7, 11) is 0. The van der Waals surface area contributed by atoms with Gasteiger partial charge in [0.2, 0.25) is 11.8 Å². The van der Waals surface area contributed by atoms with E-state index in [-0.39, 0.29) is 41.4 Å². The standard InChI is InChI=1S/C23H26FN5O3/c24-17-5-1-4-16(9-17)22(31)28-18-10-20-23(32)27-13-19(29(20)14-18)6-7-21(30)26-12-15-3-2-8-25-11-15/h1-5,8-9,11,18-20H,6-7,10,12-14H2,(H,26,30)(H,27,32)(H,28,31)/t18-,19+,20-/m0/s1. The van der Waals surface area contributed by atoms with Crippen molar-refractivity contribution < 1.29 is 18.8 Å². The molecular weight excluding hydrogens is 413 g/mol. The first-order valence-electron chi connectivity index (χ1n) is 10.7. The Morgan fingerprint density at radius 2 is 2.12 bits per heavy atom. The summed E-state index contributed by atoms with van der Waals surface area (Å²) in [5.41, 5.74) is 1.18. The minimum absolute atomic E-state index is 0.0120. The zero-order chi connectivity index (χ0) is 22.5. The third kappa shape index (κ3) is 5.28. The van der Waals surface area contributed by atoms with Crippen LogP contribution in [0.1, 0.15) is 35.2 Å². The Bertz CT molecular complexity index is 987. The Hall–Kier alpha value is -3.33. The summed E-state index contributed by atoms with van der Waals surface area (Å²) >= 11 is 0. The Morgan fingerprint density at radius 3 is 2.91 bits per heavy atom. The number of benzene rings is 1. The second-order valence-electron chi connectivity index (χ2n) is 8.20. The summed E-state index contributed by atoms with van der Waals surface area (Å²) in [5.74, 6) is -0.953. The molecule has 168 valence electrons. The van der Waals surface area contributed by atoms with E-state index in [9.17, 15) is 18.8 Å². The van der Waals surface area contributed by atoms with Gasteiger partial charge in [-0.05, 0) is 42.7 Å². The second-order valence-corrected chi connectivity index (χ2v) is 8.20. The van der Waals surface area contributed by atoms with Crippen LogP contribution in [0.3, 0.4) is 0 Å². The molecule has 1 aromatic carbocycles. The predicted molar refractivity (Wildman–Crippen MR) is 115 cm³/mol. The van der Waals surface area contributed by atoms with Gasteiger partial charge >= 0.3 is 0 Å². The summed E-state index contributed by atoms with van der Waals surface area (Å²) in [6.45, 7) is 1.41. The molecule has 0 radical (unpaired) electrons. The van der Waals surface area contributed by atoms with E-state index in [2.05, 4.69) is 25.8 Å². The third-order valence-corrected chi connectivity index (χ3v) is 5.96. The van der Waals surface area contributed by atoms with Crippen LogP contribution in [0.2, 0.25) is 0 Å². The van der Waals surface area contributed by atoms with Crippen LogP contribution in [0.25, 0.3) is 0 Å². The maximum atomic E-state index is 13.4. The number of hydrogen-bond acceptors (Lipinski definition) is 5. The SMILES string of the molecule is O=C(CC[C@@H]1CNC(=O)[C@@H]2C[C@H](NC(=O)c3cccc(F)c3)CN12)NCc1cccnc1. The number of hydrogen-bond donors (Lipinski definition) is 3. The first-order valence-corrected chi connectivity index (χ1v) is 10.7. The Balaban J connectivity index is 1.30. The smallest absolute Gasteiger partial charge is 0.251 e. The molecular formula is C23H26FN5O3. The minimum atomic E-state index is -0.470. The fourth-order valence-corrected chi connectivity index (χ4v) is 4.34. The van der Waals surface area contributed by atoms with Crippen LogP contribution in [0.15, 0.2) is 48.8 Å². The molecule has 0 unspecified atom stereocenters. The highest BCUT2D eigenvalue weighted by Crippen LogP contribution is 2.26. The number of carbonyl (C=O) groups excluding carboxylic acids is 3. The molecule has 3 atom stereocenters. The van der Waals surface area contributed by atoms with Crippen LogP contribution in [0.4, 0.5) is 4.39 Å². The largest absolute Gasteiger partial charge is 0.353 e. The molecule has 2 aliphatic rings. The lowest BCUT2D eigenvalue weighted by Crippen LogP contribution is -2.58. The van der Waals surface area contributed by atoms with Gasteiger partial charge in [0.25, 0.3) is 5.91 Å². The average Bonchev–Trinajstić information content (AvgIpc) is 3.22. The number of rotatable bonds is 7.